The van der Waals surface area contributed by atoms with Crippen LogP contribution in [0.15, 0.2) is 0 Å². The number of hydrogen-bond acceptors (Lipinski definition) is 3. The number of rotatable bonds is 7. The topological polar surface area (TPSA) is 40.6 Å². The second-order valence-corrected chi connectivity index (χ2v) is 7.94. The van der Waals surface area contributed by atoms with Crippen molar-refractivity contribution in [2.24, 2.45) is 5.41 Å². The van der Waals surface area contributed by atoms with Gasteiger partial charge in [-0.25, -0.2) is 0 Å². The third-order valence-electron chi connectivity index (χ3n) is 3.74. The Kier molecular flexibility index (Phi) is 7.58. The molecule has 0 aliphatic carbocycles. The van der Waals surface area contributed by atoms with E-state index in [-0.39, 0.29) is 22.6 Å². The summed E-state index contributed by atoms with van der Waals surface area (Å²) < 4.78 is 0. The van der Waals surface area contributed by atoms with Crippen molar-refractivity contribution >= 4 is 11.7 Å². The molecule has 124 valence electrons. The molecule has 0 saturated heterocycles. The van der Waals surface area contributed by atoms with Crippen LogP contribution >= 0.6 is 0 Å². The summed E-state index contributed by atoms with van der Waals surface area (Å²) in [6.07, 6.45) is 1.29. The molecule has 0 radical (unpaired) electrons. The molecule has 1 amide bonds. The Morgan fingerprint density at radius 1 is 0.905 bits per heavy atom. The Morgan fingerprint density at radius 2 is 1.43 bits per heavy atom. The molecule has 0 aliphatic rings. The maximum Gasteiger partial charge on any atom is 0.227 e. The third kappa shape index (κ3) is 8.20. The Labute approximate surface area is 130 Å². The fourth-order valence-corrected chi connectivity index (χ4v) is 1.91. The lowest BCUT2D eigenvalue weighted by Gasteiger charge is -2.35. The normalized spacial score (nSPS) is 12.6. The number of amides is 1. The summed E-state index contributed by atoms with van der Waals surface area (Å²) in [5.41, 5.74) is -0.285. The van der Waals surface area contributed by atoms with Gasteiger partial charge in [0.25, 0.3) is 0 Å². The van der Waals surface area contributed by atoms with Crippen LogP contribution in [0.25, 0.3) is 0 Å². The Balaban J connectivity index is 4.66. The molecule has 4 heteroatoms. The van der Waals surface area contributed by atoms with E-state index in [1.54, 1.807) is 6.92 Å². The van der Waals surface area contributed by atoms with E-state index in [2.05, 4.69) is 32.7 Å². The molecule has 0 heterocycles. The summed E-state index contributed by atoms with van der Waals surface area (Å²) in [6, 6.07) is 0. The second-order valence-electron chi connectivity index (χ2n) is 7.94. The van der Waals surface area contributed by atoms with E-state index in [1.165, 1.54) is 0 Å². The highest BCUT2D eigenvalue weighted by Crippen LogP contribution is 2.18. The maximum atomic E-state index is 12.5. The molecule has 0 rings (SSSR count). The highest BCUT2D eigenvalue weighted by Gasteiger charge is 2.27. The van der Waals surface area contributed by atoms with Crippen molar-refractivity contribution in [3.8, 4) is 0 Å². The maximum absolute atomic E-state index is 12.5. The van der Waals surface area contributed by atoms with Crippen LogP contribution in [0, 0.1) is 5.41 Å². The molecule has 0 aromatic heterocycles. The molecule has 0 saturated carbocycles. The first-order chi connectivity index (χ1) is 9.35. The minimum atomic E-state index is -0.378. The third-order valence-corrected chi connectivity index (χ3v) is 3.74. The first kappa shape index (κ1) is 20.1. The van der Waals surface area contributed by atoms with Crippen LogP contribution in [-0.2, 0) is 9.59 Å². The van der Waals surface area contributed by atoms with Gasteiger partial charge in [0, 0.05) is 37.0 Å². The van der Waals surface area contributed by atoms with Gasteiger partial charge in [-0.3, -0.25) is 9.69 Å². The van der Waals surface area contributed by atoms with Crippen LogP contribution in [0.3, 0.4) is 0 Å². The zero-order valence-electron chi connectivity index (χ0n) is 15.2. The van der Waals surface area contributed by atoms with E-state index in [0.717, 1.165) is 13.0 Å². The molecule has 0 aromatic rings. The van der Waals surface area contributed by atoms with Crippen LogP contribution in [0.5, 0.6) is 0 Å². The fourth-order valence-electron chi connectivity index (χ4n) is 1.91. The van der Waals surface area contributed by atoms with Crippen molar-refractivity contribution in [1.82, 2.24) is 9.80 Å². The first-order valence-electron chi connectivity index (χ1n) is 7.85. The number of carbonyl (C=O) groups excluding carboxylic acids is 2. The van der Waals surface area contributed by atoms with Crippen LogP contribution in [0.4, 0.5) is 0 Å². The van der Waals surface area contributed by atoms with E-state index in [1.807, 2.05) is 25.7 Å². The van der Waals surface area contributed by atoms with Crippen LogP contribution in [-0.4, -0.2) is 53.7 Å². The van der Waals surface area contributed by atoms with Crippen LogP contribution in [0.2, 0.25) is 0 Å². The van der Waals surface area contributed by atoms with Crippen molar-refractivity contribution in [2.75, 3.05) is 26.7 Å². The van der Waals surface area contributed by atoms with Gasteiger partial charge in [0.15, 0.2) is 0 Å². The smallest absolute Gasteiger partial charge is 0.227 e. The van der Waals surface area contributed by atoms with Gasteiger partial charge < -0.3 is 9.69 Å². The second kappa shape index (κ2) is 7.92. The number of hydrogen-bond donors (Lipinski definition) is 0. The first-order valence-corrected chi connectivity index (χ1v) is 7.85. The Morgan fingerprint density at radius 3 is 1.81 bits per heavy atom. The zero-order chi connectivity index (χ0) is 16.8. The predicted octanol–water partition coefficient (Wildman–Crippen LogP) is 2.96. The van der Waals surface area contributed by atoms with Crippen molar-refractivity contribution < 1.29 is 9.59 Å². The van der Waals surface area contributed by atoms with Gasteiger partial charge in [0.2, 0.25) is 5.91 Å². The minimum Gasteiger partial charge on any atom is -0.341 e. The molecule has 0 fully saturated rings. The largest absolute Gasteiger partial charge is 0.341 e. The van der Waals surface area contributed by atoms with Gasteiger partial charge in [-0.2, -0.15) is 0 Å². The molecule has 0 bridgehead atoms. The SMILES string of the molecule is CC(=O)CCCN(CCN(C)C(C)(C)C)C(=O)C(C)(C)C. The number of ketones is 1. The van der Waals surface area contributed by atoms with Gasteiger partial charge in [-0.15, -0.1) is 0 Å². The molecular formula is C17H34N2O2. The number of likely N-dealkylation sites (N-methyl/N-ethyl adjacent to an activating group) is 1. The predicted molar refractivity (Wildman–Crippen MR) is 88.3 cm³/mol. The molecule has 21 heavy (non-hydrogen) atoms. The molecule has 0 spiro atoms. The number of Topliss-reactive ketones (excluding diaryl/α,β-unsaturated/α-hetero) is 1. The quantitative estimate of drug-likeness (QED) is 0.725. The number of carbonyl (C=O) groups is 2. The minimum absolute atomic E-state index is 0.0931. The van der Waals surface area contributed by atoms with Gasteiger partial charge in [0.05, 0.1) is 0 Å². The van der Waals surface area contributed by atoms with Crippen molar-refractivity contribution in [3.05, 3.63) is 0 Å². The molecule has 0 aliphatic heterocycles. The van der Waals surface area contributed by atoms with E-state index in [9.17, 15) is 9.59 Å². The van der Waals surface area contributed by atoms with Gasteiger partial charge in [-0.1, -0.05) is 20.8 Å². The van der Waals surface area contributed by atoms with E-state index in [4.69, 9.17) is 0 Å². The summed E-state index contributed by atoms with van der Waals surface area (Å²) in [6.45, 7) is 16.1. The molecule has 0 N–H and O–H groups in total. The van der Waals surface area contributed by atoms with Gasteiger partial charge >= 0.3 is 0 Å². The van der Waals surface area contributed by atoms with E-state index < -0.39 is 0 Å². The van der Waals surface area contributed by atoms with E-state index >= 15 is 0 Å². The Hall–Kier alpha value is -0.900. The summed E-state index contributed by atoms with van der Waals surface area (Å²) in [5, 5.41) is 0. The lowest BCUT2D eigenvalue weighted by molar-refractivity contribution is -0.140. The fraction of sp³-hybridized carbons (Fsp3) is 0.882. The van der Waals surface area contributed by atoms with Crippen molar-refractivity contribution in [1.29, 1.82) is 0 Å². The van der Waals surface area contributed by atoms with Crippen molar-refractivity contribution in [3.63, 3.8) is 0 Å². The molecule has 0 aromatic carbocycles. The molecule has 0 unspecified atom stereocenters. The van der Waals surface area contributed by atoms with Crippen LogP contribution < -0.4 is 0 Å². The average molecular weight is 298 g/mol. The standard InChI is InChI=1S/C17H34N2O2/c1-14(20)10-9-11-19(15(21)16(2,3)4)13-12-18(8)17(5,6)7/h9-13H2,1-8H3. The van der Waals surface area contributed by atoms with Crippen LogP contribution in [0.1, 0.15) is 61.3 Å². The average Bonchev–Trinajstić information content (AvgIpc) is 2.29. The molecule has 4 nitrogen and oxygen atoms in total. The summed E-state index contributed by atoms with van der Waals surface area (Å²) in [4.78, 5) is 27.8. The molecule has 0 atom stereocenters. The lowest BCUT2D eigenvalue weighted by Crippen LogP contribution is -2.47. The Bertz CT molecular complexity index is 351. The molecular weight excluding hydrogens is 264 g/mol. The number of nitrogens with zero attached hydrogens (tertiary/aromatic N) is 2. The summed E-state index contributed by atoms with van der Waals surface area (Å²) in [5.74, 6) is 0.346. The lowest BCUT2D eigenvalue weighted by atomic mass is 9.94. The monoisotopic (exact) mass is 298 g/mol. The van der Waals surface area contributed by atoms with Gasteiger partial charge in [0.1, 0.15) is 5.78 Å². The summed E-state index contributed by atoms with van der Waals surface area (Å²) >= 11 is 0. The highest BCUT2D eigenvalue weighted by atomic mass is 16.2. The summed E-state index contributed by atoms with van der Waals surface area (Å²) in [7, 11) is 2.08. The highest BCUT2D eigenvalue weighted by molar-refractivity contribution is 5.81. The zero-order valence-corrected chi connectivity index (χ0v) is 15.2. The van der Waals surface area contributed by atoms with E-state index in [0.29, 0.717) is 19.5 Å². The van der Waals surface area contributed by atoms with Gasteiger partial charge in [-0.05, 0) is 41.2 Å². The van der Waals surface area contributed by atoms with Crippen molar-refractivity contribution in [2.45, 2.75) is 66.8 Å².